The maximum atomic E-state index is 13.5. The molecule has 6 nitrogen and oxygen atoms in total. The second-order valence-electron chi connectivity index (χ2n) is 8.60. The summed E-state index contributed by atoms with van der Waals surface area (Å²) in [6.07, 6.45) is 5.06. The van der Waals surface area contributed by atoms with E-state index in [-0.39, 0.29) is 17.9 Å². The lowest BCUT2D eigenvalue weighted by molar-refractivity contribution is 0.0723. The minimum absolute atomic E-state index is 0.119. The molecule has 0 aliphatic heterocycles. The summed E-state index contributed by atoms with van der Waals surface area (Å²) < 4.78 is 3.76. The maximum absolute atomic E-state index is 13.5. The number of hydrogen-bond acceptors (Lipinski definition) is 2. The Morgan fingerprint density at radius 2 is 1.74 bits per heavy atom. The van der Waals surface area contributed by atoms with Crippen LogP contribution in [0.4, 0.5) is 0 Å². The Hall–Kier alpha value is -3.51. The van der Waals surface area contributed by atoms with Crippen molar-refractivity contribution < 1.29 is 9.59 Å². The predicted molar refractivity (Wildman–Crippen MR) is 136 cm³/mol. The van der Waals surface area contributed by atoms with E-state index >= 15 is 0 Å². The molecule has 1 atom stereocenters. The lowest BCUT2D eigenvalue weighted by atomic mass is 10.0. The molecule has 7 heteroatoms. The summed E-state index contributed by atoms with van der Waals surface area (Å²) in [5.74, 6) is -0.261. The molecule has 2 aromatic carbocycles. The van der Waals surface area contributed by atoms with E-state index in [1.165, 1.54) is 0 Å². The second-order valence-corrected chi connectivity index (χ2v) is 8.97. The number of amides is 2. The quantitative estimate of drug-likeness (QED) is 0.401. The number of hydrogen-bond donors (Lipinski definition) is 1. The highest BCUT2D eigenvalue weighted by atomic mass is 35.5. The van der Waals surface area contributed by atoms with Gasteiger partial charge >= 0.3 is 0 Å². The third-order valence-electron chi connectivity index (χ3n) is 6.35. The summed E-state index contributed by atoms with van der Waals surface area (Å²) >= 11 is 6.66. The van der Waals surface area contributed by atoms with Gasteiger partial charge in [0.2, 0.25) is 0 Å². The van der Waals surface area contributed by atoms with Crippen molar-refractivity contribution in [3.63, 3.8) is 0 Å². The fourth-order valence-electron chi connectivity index (χ4n) is 4.30. The number of nitrogens with one attached hydrogen (secondary N) is 1. The molecule has 0 saturated heterocycles. The monoisotopic (exact) mass is 476 g/mol. The molecule has 2 amide bonds. The van der Waals surface area contributed by atoms with Crippen LogP contribution in [0.3, 0.4) is 0 Å². The Morgan fingerprint density at radius 3 is 2.44 bits per heavy atom. The molecule has 2 aromatic heterocycles. The molecule has 0 radical (unpaired) electrons. The van der Waals surface area contributed by atoms with Crippen molar-refractivity contribution in [2.45, 2.75) is 18.9 Å². The molecule has 1 N–H and O–H groups in total. The van der Waals surface area contributed by atoms with Gasteiger partial charge in [-0.25, -0.2) is 0 Å². The second kappa shape index (κ2) is 10.2. The van der Waals surface area contributed by atoms with Gasteiger partial charge in [0.15, 0.2) is 0 Å². The molecule has 176 valence electrons. The maximum Gasteiger partial charge on any atom is 0.267 e. The van der Waals surface area contributed by atoms with Gasteiger partial charge in [0.1, 0.15) is 5.69 Å². The van der Waals surface area contributed by atoms with Crippen LogP contribution >= 0.6 is 11.6 Å². The topological polar surface area (TPSA) is 59.3 Å². The number of aryl methyl sites for hydroxylation is 2. The van der Waals surface area contributed by atoms with Crippen LogP contribution in [0, 0.1) is 0 Å². The minimum atomic E-state index is -0.134. The van der Waals surface area contributed by atoms with Crippen LogP contribution in [-0.4, -0.2) is 45.5 Å². The van der Waals surface area contributed by atoms with Gasteiger partial charge < -0.3 is 19.4 Å². The zero-order valence-electron chi connectivity index (χ0n) is 19.7. The van der Waals surface area contributed by atoms with Crippen LogP contribution < -0.4 is 5.32 Å². The molecule has 0 aliphatic carbocycles. The zero-order valence-corrected chi connectivity index (χ0v) is 20.4. The lowest BCUT2D eigenvalue weighted by Gasteiger charge is -2.29. The molecule has 0 spiro atoms. The fourth-order valence-corrected chi connectivity index (χ4v) is 4.60. The Kier molecular flexibility index (Phi) is 7.08. The SMILES string of the molecule is CN(C(=O)c1ccc2c(ccn2C)c1Cl)C(CCNC(=O)c1cccn1C)Cc1ccccc1. The first-order chi connectivity index (χ1) is 16.4. The van der Waals surface area contributed by atoms with Crippen molar-refractivity contribution in [1.82, 2.24) is 19.4 Å². The number of fused-ring (bicyclic) bond motifs is 1. The highest BCUT2D eigenvalue weighted by molar-refractivity contribution is 6.38. The van der Waals surface area contributed by atoms with E-state index in [9.17, 15) is 9.59 Å². The van der Waals surface area contributed by atoms with Crippen LogP contribution in [0.5, 0.6) is 0 Å². The number of nitrogens with zero attached hydrogens (tertiary/aromatic N) is 3. The van der Waals surface area contributed by atoms with Gasteiger partial charge in [-0.15, -0.1) is 0 Å². The molecular formula is C27H29ClN4O2. The summed E-state index contributed by atoms with van der Waals surface area (Å²) in [4.78, 5) is 27.8. The molecule has 0 saturated carbocycles. The van der Waals surface area contributed by atoms with Crippen LogP contribution in [0.15, 0.2) is 73.1 Å². The van der Waals surface area contributed by atoms with Crippen LogP contribution in [-0.2, 0) is 20.5 Å². The standard InChI is InChI=1S/C27H29ClN4O2/c1-30-16-7-10-24(30)26(33)29-15-13-20(18-19-8-5-4-6-9-19)32(3)27(34)22-11-12-23-21(25(22)28)14-17-31(23)2/h4-12,14,16-17,20H,13,15,18H2,1-3H3,(H,29,33). The number of carbonyl (C=O) groups excluding carboxylic acids is 2. The number of aromatic nitrogens is 2. The first kappa shape index (κ1) is 23.6. The summed E-state index contributed by atoms with van der Waals surface area (Å²) in [6, 6.07) is 19.2. The average Bonchev–Trinajstić information content (AvgIpc) is 3.44. The van der Waals surface area contributed by atoms with E-state index in [1.807, 2.05) is 67.5 Å². The third kappa shape index (κ3) is 4.87. The van der Waals surface area contributed by atoms with Crippen LogP contribution in [0.1, 0.15) is 32.8 Å². The first-order valence-corrected chi connectivity index (χ1v) is 11.7. The molecule has 4 aromatic rings. The Balaban J connectivity index is 1.52. The summed E-state index contributed by atoms with van der Waals surface area (Å²) in [6.45, 7) is 0.449. The largest absolute Gasteiger partial charge is 0.351 e. The van der Waals surface area contributed by atoms with Gasteiger partial charge in [0, 0.05) is 57.0 Å². The van der Waals surface area contributed by atoms with Crippen molar-refractivity contribution in [2.75, 3.05) is 13.6 Å². The average molecular weight is 477 g/mol. The highest BCUT2D eigenvalue weighted by Crippen LogP contribution is 2.29. The normalized spacial score (nSPS) is 12.0. The Morgan fingerprint density at radius 1 is 0.971 bits per heavy atom. The smallest absolute Gasteiger partial charge is 0.267 e. The summed E-state index contributed by atoms with van der Waals surface area (Å²) in [5, 5.41) is 4.31. The van der Waals surface area contributed by atoms with Gasteiger partial charge in [0.05, 0.1) is 10.6 Å². The van der Waals surface area contributed by atoms with Crippen LogP contribution in [0.25, 0.3) is 10.9 Å². The minimum Gasteiger partial charge on any atom is -0.351 e. The third-order valence-corrected chi connectivity index (χ3v) is 6.76. The van der Waals surface area contributed by atoms with Crippen molar-refractivity contribution in [3.8, 4) is 0 Å². The van der Waals surface area contributed by atoms with Crippen molar-refractivity contribution in [1.29, 1.82) is 0 Å². The Labute approximate surface area is 204 Å². The summed E-state index contributed by atoms with van der Waals surface area (Å²) in [7, 11) is 5.60. The molecular weight excluding hydrogens is 448 g/mol. The van der Waals surface area contributed by atoms with E-state index in [0.717, 1.165) is 16.5 Å². The van der Waals surface area contributed by atoms with Crippen molar-refractivity contribution in [2.24, 2.45) is 14.1 Å². The number of rotatable bonds is 8. The number of benzene rings is 2. The molecule has 0 bridgehead atoms. The molecule has 34 heavy (non-hydrogen) atoms. The summed E-state index contributed by atoms with van der Waals surface area (Å²) in [5.41, 5.74) is 3.19. The first-order valence-electron chi connectivity index (χ1n) is 11.3. The van der Waals surface area contributed by atoms with Gasteiger partial charge in [-0.2, -0.15) is 0 Å². The van der Waals surface area contributed by atoms with Crippen molar-refractivity contribution >= 4 is 34.3 Å². The van der Waals surface area contributed by atoms with Crippen molar-refractivity contribution in [3.05, 3.63) is 94.9 Å². The van der Waals surface area contributed by atoms with Gasteiger partial charge in [-0.3, -0.25) is 9.59 Å². The van der Waals surface area contributed by atoms with E-state index in [4.69, 9.17) is 11.6 Å². The van der Waals surface area contributed by atoms with Crippen LogP contribution in [0.2, 0.25) is 5.02 Å². The van der Waals surface area contributed by atoms with Gasteiger partial charge in [0.25, 0.3) is 11.8 Å². The highest BCUT2D eigenvalue weighted by Gasteiger charge is 2.24. The molecule has 0 aliphatic rings. The van der Waals surface area contributed by atoms with Gasteiger partial charge in [-0.1, -0.05) is 41.9 Å². The Bertz CT molecular complexity index is 1310. The van der Waals surface area contributed by atoms with E-state index < -0.39 is 0 Å². The molecule has 4 rings (SSSR count). The number of carbonyl (C=O) groups is 2. The molecule has 2 heterocycles. The van der Waals surface area contributed by atoms with E-state index in [2.05, 4.69) is 17.4 Å². The number of halogens is 1. The molecule has 0 fully saturated rings. The van der Waals surface area contributed by atoms with E-state index in [0.29, 0.717) is 35.7 Å². The lowest BCUT2D eigenvalue weighted by Crippen LogP contribution is -2.41. The van der Waals surface area contributed by atoms with Gasteiger partial charge in [-0.05, 0) is 48.7 Å². The predicted octanol–water partition coefficient (Wildman–Crippen LogP) is 4.67. The number of likely N-dealkylation sites (N-methyl/N-ethyl adjacent to an activating group) is 1. The molecule has 1 unspecified atom stereocenters. The van der Waals surface area contributed by atoms with E-state index in [1.54, 1.807) is 28.6 Å². The zero-order chi connectivity index (χ0) is 24.2. The fraction of sp³-hybridized carbons (Fsp3) is 0.259.